The summed E-state index contributed by atoms with van der Waals surface area (Å²) < 4.78 is 108. The number of aliphatic hydroxyl groups excluding tert-OH is 1. The Bertz CT molecular complexity index is 1730. The maximum Gasteiger partial charge on any atom is 0.433 e. The molecule has 18 heteroatoms. The van der Waals surface area contributed by atoms with Crippen LogP contribution in [0, 0.1) is 6.92 Å². The number of aryl methyl sites for hydroxylation is 1. The summed E-state index contributed by atoms with van der Waals surface area (Å²) in [6.07, 6.45) is -8.83. The summed E-state index contributed by atoms with van der Waals surface area (Å²) in [7, 11) is -4.16. The minimum absolute atomic E-state index is 0.00785. The lowest BCUT2D eigenvalue weighted by molar-refractivity contribution is -0.142. The summed E-state index contributed by atoms with van der Waals surface area (Å²) in [5.41, 5.74) is -5.01. The number of anilines is 1. The smallest absolute Gasteiger partial charge is 0.394 e. The van der Waals surface area contributed by atoms with Gasteiger partial charge in [-0.2, -0.15) is 31.4 Å². The molecule has 0 aliphatic carbocycles. The predicted octanol–water partition coefficient (Wildman–Crippen LogP) is 4.50. The second-order valence-corrected chi connectivity index (χ2v) is 12.3. The Morgan fingerprint density at radius 3 is 2.24 bits per heavy atom. The monoisotopic (exact) mass is 622 g/mol. The maximum absolute atomic E-state index is 13.9. The summed E-state index contributed by atoms with van der Waals surface area (Å²) >= 11 is 0.565. The largest absolute Gasteiger partial charge is 0.433 e. The van der Waals surface area contributed by atoms with E-state index in [1.54, 1.807) is 0 Å². The third-order valence-electron chi connectivity index (χ3n) is 5.54. The van der Waals surface area contributed by atoms with E-state index >= 15 is 0 Å². The van der Waals surface area contributed by atoms with Crippen molar-refractivity contribution in [3.8, 4) is 11.3 Å². The molecule has 3 N–H and O–H groups in total. The number of aliphatic hydroxyl groups is 1. The molecule has 4 aromatic rings. The van der Waals surface area contributed by atoms with Gasteiger partial charge in [-0.3, -0.25) is 10.1 Å². The van der Waals surface area contributed by atoms with Gasteiger partial charge in [-0.05, 0) is 39.0 Å². The molecule has 0 saturated carbocycles. The van der Waals surface area contributed by atoms with Crippen LogP contribution in [0.5, 0.6) is 0 Å². The van der Waals surface area contributed by atoms with E-state index in [2.05, 4.69) is 25.1 Å². The minimum Gasteiger partial charge on any atom is -0.394 e. The molecule has 0 spiro atoms. The number of nitrogens with zero attached hydrogens (tertiary/aromatic N) is 4. The van der Waals surface area contributed by atoms with Gasteiger partial charge in [0.05, 0.1) is 35.3 Å². The summed E-state index contributed by atoms with van der Waals surface area (Å²) in [6.45, 7) is 3.73. The third-order valence-corrected chi connectivity index (χ3v) is 8.92. The van der Waals surface area contributed by atoms with Crippen LogP contribution in [0.25, 0.3) is 16.9 Å². The zero-order chi connectivity index (χ0) is 30.5. The number of amides is 1. The molecule has 3 aromatic heterocycles. The van der Waals surface area contributed by atoms with Crippen LogP contribution >= 0.6 is 11.3 Å². The molecule has 0 aliphatic rings. The van der Waals surface area contributed by atoms with Crippen molar-refractivity contribution in [3.63, 3.8) is 0 Å². The van der Waals surface area contributed by atoms with Gasteiger partial charge in [-0.25, -0.2) is 27.6 Å². The van der Waals surface area contributed by atoms with Crippen molar-refractivity contribution in [2.24, 2.45) is 0 Å². The molecule has 0 aliphatic heterocycles. The van der Waals surface area contributed by atoms with Crippen molar-refractivity contribution in [2.45, 2.75) is 42.9 Å². The first-order valence-electron chi connectivity index (χ1n) is 11.4. The Balaban J connectivity index is 1.73. The molecule has 1 aromatic carbocycles. The van der Waals surface area contributed by atoms with Gasteiger partial charge in [0.15, 0.2) is 20.7 Å². The average molecular weight is 623 g/mol. The van der Waals surface area contributed by atoms with Gasteiger partial charge >= 0.3 is 12.4 Å². The summed E-state index contributed by atoms with van der Waals surface area (Å²) in [5, 5.41) is 15.1. The number of nitrogens with one attached hydrogen (secondary N) is 2. The Morgan fingerprint density at radius 2 is 1.68 bits per heavy atom. The van der Waals surface area contributed by atoms with Crippen LogP contribution in [-0.2, 0) is 22.4 Å². The second-order valence-electron chi connectivity index (χ2n) is 9.39. The number of benzene rings is 1. The number of sulfonamides is 1. The van der Waals surface area contributed by atoms with Gasteiger partial charge in [-0.15, -0.1) is 0 Å². The van der Waals surface area contributed by atoms with Gasteiger partial charge in [0.25, 0.3) is 15.9 Å². The van der Waals surface area contributed by atoms with Crippen LogP contribution in [0.1, 0.15) is 41.2 Å². The summed E-state index contributed by atoms with van der Waals surface area (Å²) in [5.74, 6) is -1.02. The van der Waals surface area contributed by atoms with E-state index < -0.39 is 62.9 Å². The average Bonchev–Trinajstić information content (AvgIpc) is 3.45. The summed E-state index contributed by atoms with van der Waals surface area (Å²) in [4.78, 5) is 21.1. The predicted molar refractivity (Wildman–Crippen MR) is 135 cm³/mol. The molecule has 0 fully saturated rings. The normalized spacial score (nSPS) is 13.1. The van der Waals surface area contributed by atoms with Crippen molar-refractivity contribution in [3.05, 3.63) is 59.0 Å². The topological polar surface area (TPSA) is 139 Å². The molecule has 0 saturated heterocycles. The number of thiazole rings is 1. The third kappa shape index (κ3) is 6.34. The Labute approximate surface area is 232 Å². The van der Waals surface area contributed by atoms with Crippen LogP contribution in [0.2, 0.25) is 0 Å². The highest BCUT2D eigenvalue weighted by molar-refractivity contribution is 7.91. The molecular weight excluding hydrogens is 602 g/mol. The van der Waals surface area contributed by atoms with E-state index in [1.807, 2.05) is 0 Å². The van der Waals surface area contributed by atoms with Gasteiger partial charge in [0, 0.05) is 5.56 Å². The standard InChI is InChI=1S/C23H20F6N6O4S2/c1-11-19(41(38,39)34-21(2,3)10-36)40-20(31-11)33-18(37)14-9-30-35-16(23(27,28)29)8-15(32-17(14)35)12-4-6-13(7-5-12)22(24,25)26/h4-9,34,36H,10H2,1-3H3,(H,31,33,37). The zero-order valence-electron chi connectivity index (χ0n) is 21.2. The highest BCUT2D eigenvalue weighted by Gasteiger charge is 2.37. The minimum atomic E-state index is -4.98. The quantitative estimate of drug-likeness (QED) is 0.258. The van der Waals surface area contributed by atoms with E-state index in [1.165, 1.54) is 20.8 Å². The first-order valence-corrected chi connectivity index (χ1v) is 13.7. The zero-order valence-corrected chi connectivity index (χ0v) is 22.8. The number of carbonyl (C=O) groups excluding carboxylic acids is 1. The van der Waals surface area contributed by atoms with Crippen molar-refractivity contribution in [2.75, 3.05) is 11.9 Å². The van der Waals surface area contributed by atoms with Gasteiger partial charge in [0.1, 0.15) is 5.56 Å². The van der Waals surface area contributed by atoms with E-state index in [-0.39, 0.29) is 26.3 Å². The molecule has 220 valence electrons. The number of hydrogen-bond acceptors (Lipinski definition) is 8. The van der Waals surface area contributed by atoms with Crippen LogP contribution < -0.4 is 10.0 Å². The maximum atomic E-state index is 13.9. The Morgan fingerprint density at radius 1 is 1.05 bits per heavy atom. The fraction of sp³-hybridized carbons (Fsp3) is 0.304. The SMILES string of the molecule is Cc1nc(NC(=O)c2cnn3c(C(F)(F)F)cc(-c4ccc(C(F)(F)F)cc4)nc23)sc1S(=O)(=O)NC(C)(C)CO. The lowest BCUT2D eigenvalue weighted by Crippen LogP contribution is -2.46. The molecule has 10 nitrogen and oxygen atoms in total. The van der Waals surface area contributed by atoms with E-state index in [0.29, 0.717) is 34.1 Å². The molecule has 4 rings (SSSR count). The molecule has 41 heavy (non-hydrogen) atoms. The number of rotatable bonds is 7. The van der Waals surface area contributed by atoms with Crippen molar-refractivity contribution in [1.29, 1.82) is 0 Å². The van der Waals surface area contributed by atoms with Crippen LogP contribution in [-0.4, -0.2) is 51.2 Å². The van der Waals surface area contributed by atoms with Crippen molar-refractivity contribution in [1.82, 2.24) is 24.3 Å². The first kappa shape index (κ1) is 30.4. The molecule has 0 atom stereocenters. The molecule has 0 unspecified atom stereocenters. The molecule has 0 radical (unpaired) electrons. The van der Waals surface area contributed by atoms with Gasteiger partial charge in [-0.1, -0.05) is 23.5 Å². The molecule has 3 heterocycles. The summed E-state index contributed by atoms with van der Waals surface area (Å²) in [6, 6.07) is 3.86. The van der Waals surface area contributed by atoms with E-state index in [0.717, 1.165) is 18.3 Å². The van der Waals surface area contributed by atoms with Crippen molar-refractivity contribution < 1.29 is 44.7 Å². The number of hydrogen-bond donors (Lipinski definition) is 3. The fourth-order valence-electron chi connectivity index (χ4n) is 3.59. The number of alkyl halides is 6. The number of carbonyl (C=O) groups is 1. The van der Waals surface area contributed by atoms with Gasteiger partial charge < -0.3 is 5.11 Å². The van der Waals surface area contributed by atoms with Crippen molar-refractivity contribution >= 4 is 38.0 Å². The number of fused-ring (bicyclic) bond motifs is 1. The van der Waals surface area contributed by atoms with E-state index in [9.17, 15) is 44.7 Å². The Kier molecular flexibility index (Phi) is 7.65. The van der Waals surface area contributed by atoms with Crippen LogP contribution in [0.4, 0.5) is 31.5 Å². The van der Waals surface area contributed by atoms with Crippen LogP contribution in [0.3, 0.4) is 0 Å². The highest BCUT2D eigenvalue weighted by Crippen LogP contribution is 2.35. The fourth-order valence-corrected chi connectivity index (χ4v) is 6.41. The second kappa shape index (κ2) is 10.3. The number of aromatic nitrogens is 4. The Hall–Kier alpha value is -3.61. The van der Waals surface area contributed by atoms with E-state index in [4.69, 9.17) is 0 Å². The highest BCUT2D eigenvalue weighted by atomic mass is 32.2. The lowest BCUT2D eigenvalue weighted by atomic mass is 10.1. The molecule has 0 bridgehead atoms. The lowest BCUT2D eigenvalue weighted by Gasteiger charge is -2.22. The first-order chi connectivity index (χ1) is 18.8. The number of halogens is 6. The van der Waals surface area contributed by atoms with Gasteiger partial charge in [0.2, 0.25) is 0 Å². The van der Waals surface area contributed by atoms with Crippen LogP contribution in [0.15, 0.2) is 40.7 Å². The molecular formula is C23H20F6N6O4S2. The molecule has 1 amide bonds.